The topological polar surface area (TPSA) is 35.9 Å². The number of ether oxygens (including phenoxy) is 1. The number of phenols is 1. The molecule has 0 amide bonds. The highest BCUT2D eigenvalue weighted by Crippen LogP contribution is 2.26. The number of likely N-dealkylation sites (tertiary alicyclic amines) is 1. The van der Waals surface area contributed by atoms with Crippen molar-refractivity contribution in [3.05, 3.63) is 23.8 Å². The van der Waals surface area contributed by atoms with Crippen molar-refractivity contribution >= 4 is 0 Å². The molecule has 1 fully saturated rings. The van der Waals surface area contributed by atoms with Crippen LogP contribution < -0.4 is 4.74 Å². The van der Waals surface area contributed by atoms with Crippen LogP contribution in [0, 0.1) is 0 Å². The lowest BCUT2D eigenvalue weighted by molar-refractivity contribution is 0.262. The van der Waals surface area contributed by atoms with Gasteiger partial charge in [0.2, 0.25) is 0 Å². The maximum absolute atomic E-state index is 9.87. The van der Waals surface area contributed by atoms with Gasteiger partial charge in [0.1, 0.15) is 11.5 Å². The van der Waals surface area contributed by atoms with Crippen molar-refractivity contribution in [1.82, 2.24) is 9.80 Å². The minimum atomic E-state index is 0.351. The summed E-state index contributed by atoms with van der Waals surface area (Å²) in [5.41, 5.74) is 0.939. The van der Waals surface area contributed by atoms with Gasteiger partial charge in [0, 0.05) is 31.2 Å². The zero-order valence-corrected chi connectivity index (χ0v) is 11.4. The summed E-state index contributed by atoms with van der Waals surface area (Å²) < 4.78 is 5.20. The van der Waals surface area contributed by atoms with Crippen LogP contribution in [0.3, 0.4) is 0 Å². The van der Waals surface area contributed by atoms with Gasteiger partial charge in [-0.3, -0.25) is 4.90 Å². The van der Waals surface area contributed by atoms with Crippen LogP contribution in [-0.2, 0) is 6.54 Å². The number of hydrogen-bond acceptors (Lipinski definition) is 4. The number of nitrogens with zero attached hydrogens (tertiary/aromatic N) is 2. The summed E-state index contributed by atoms with van der Waals surface area (Å²) in [5.74, 6) is 1.15. The predicted octanol–water partition coefficient (Wildman–Crippen LogP) is 1.54. The molecule has 0 radical (unpaired) electrons. The first-order valence-electron chi connectivity index (χ1n) is 6.35. The van der Waals surface area contributed by atoms with Crippen LogP contribution in [0.15, 0.2) is 18.2 Å². The fourth-order valence-electron chi connectivity index (χ4n) is 2.43. The van der Waals surface area contributed by atoms with Gasteiger partial charge in [0.15, 0.2) is 0 Å². The molecule has 1 unspecified atom stereocenters. The molecule has 4 heteroatoms. The van der Waals surface area contributed by atoms with Crippen LogP contribution in [0.2, 0.25) is 0 Å². The maximum Gasteiger partial charge on any atom is 0.120 e. The van der Waals surface area contributed by atoms with Gasteiger partial charge in [-0.25, -0.2) is 0 Å². The van der Waals surface area contributed by atoms with E-state index in [1.165, 1.54) is 6.42 Å². The van der Waals surface area contributed by atoms with Crippen LogP contribution in [0.5, 0.6) is 11.5 Å². The van der Waals surface area contributed by atoms with Crippen molar-refractivity contribution in [3.8, 4) is 11.5 Å². The Morgan fingerprint density at radius 3 is 2.83 bits per heavy atom. The van der Waals surface area contributed by atoms with Gasteiger partial charge in [0.25, 0.3) is 0 Å². The average molecular weight is 250 g/mol. The SMILES string of the molecule is COc1ccc(O)c(CN2CCC(N(C)C)C2)c1. The van der Waals surface area contributed by atoms with Crippen molar-refractivity contribution in [2.75, 3.05) is 34.3 Å². The Hall–Kier alpha value is -1.26. The first-order chi connectivity index (χ1) is 8.60. The molecule has 0 aromatic heterocycles. The third-order valence-corrected chi connectivity index (χ3v) is 3.66. The Morgan fingerprint density at radius 2 is 2.22 bits per heavy atom. The zero-order chi connectivity index (χ0) is 13.1. The van der Waals surface area contributed by atoms with E-state index in [9.17, 15) is 5.11 Å². The molecule has 18 heavy (non-hydrogen) atoms. The average Bonchev–Trinajstić information content (AvgIpc) is 2.81. The Balaban J connectivity index is 2.02. The van der Waals surface area contributed by atoms with E-state index in [1.54, 1.807) is 19.2 Å². The van der Waals surface area contributed by atoms with Gasteiger partial charge in [-0.2, -0.15) is 0 Å². The third-order valence-electron chi connectivity index (χ3n) is 3.66. The fraction of sp³-hybridized carbons (Fsp3) is 0.571. The number of methoxy groups -OCH3 is 1. The molecule has 0 saturated carbocycles. The Bertz CT molecular complexity index is 407. The highest BCUT2D eigenvalue weighted by atomic mass is 16.5. The summed E-state index contributed by atoms with van der Waals surface area (Å²) >= 11 is 0. The highest BCUT2D eigenvalue weighted by molar-refractivity contribution is 5.39. The summed E-state index contributed by atoms with van der Waals surface area (Å²) in [7, 11) is 5.89. The van der Waals surface area contributed by atoms with E-state index in [-0.39, 0.29) is 0 Å². The summed E-state index contributed by atoms with van der Waals surface area (Å²) in [4.78, 5) is 4.64. The van der Waals surface area contributed by atoms with E-state index < -0.39 is 0 Å². The molecule has 1 aromatic rings. The van der Waals surface area contributed by atoms with Crippen molar-refractivity contribution < 1.29 is 9.84 Å². The molecule has 2 rings (SSSR count). The number of hydrogen-bond donors (Lipinski definition) is 1. The smallest absolute Gasteiger partial charge is 0.120 e. The molecular weight excluding hydrogens is 228 g/mol. The van der Waals surface area contributed by atoms with Gasteiger partial charge in [-0.15, -0.1) is 0 Å². The largest absolute Gasteiger partial charge is 0.508 e. The molecule has 100 valence electrons. The standard InChI is InChI=1S/C14H22N2O2/c1-15(2)12-6-7-16(10-12)9-11-8-13(18-3)4-5-14(11)17/h4-5,8,12,17H,6-7,9-10H2,1-3H3. The summed E-state index contributed by atoms with van der Waals surface area (Å²) in [6.45, 7) is 2.93. The quantitative estimate of drug-likeness (QED) is 0.879. The Kier molecular flexibility index (Phi) is 4.09. The predicted molar refractivity (Wildman–Crippen MR) is 72.0 cm³/mol. The van der Waals surface area contributed by atoms with E-state index in [4.69, 9.17) is 4.74 Å². The molecule has 1 heterocycles. The van der Waals surface area contributed by atoms with Crippen LogP contribution >= 0.6 is 0 Å². The van der Waals surface area contributed by atoms with Gasteiger partial charge < -0.3 is 14.7 Å². The molecule has 1 N–H and O–H groups in total. The van der Waals surface area contributed by atoms with E-state index in [2.05, 4.69) is 23.9 Å². The highest BCUT2D eigenvalue weighted by Gasteiger charge is 2.24. The molecule has 0 spiro atoms. The maximum atomic E-state index is 9.87. The van der Waals surface area contributed by atoms with Crippen LogP contribution in [0.25, 0.3) is 0 Å². The van der Waals surface area contributed by atoms with Crippen molar-refractivity contribution in [3.63, 3.8) is 0 Å². The summed E-state index contributed by atoms with van der Waals surface area (Å²) in [6.07, 6.45) is 1.19. The van der Waals surface area contributed by atoms with Crippen LogP contribution in [-0.4, -0.2) is 55.2 Å². The first-order valence-corrected chi connectivity index (χ1v) is 6.35. The van der Waals surface area contributed by atoms with E-state index in [1.807, 2.05) is 6.07 Å². The van der Waals surface area contributed by atoms with Crippen molar-refractivity contribution in [2.24, 2.45) is 0 Å². The van der Waals surface area contributed by atoms with Crippen molar-refractivity contribution in [1.29, 1.82) is 0 Å². The van der Waals surface area contributed by atoms with E-state index in [0.717, 1.165) is 30.9 Å². The van der Waals surface area contributed by atoms with E-state index >= 15 is 0 Å². The number of aromatic hydroxyl groups is 1. The van der Waals surface area contributed by atoms with Gasteiger partial charge >= 0.3 is 0 Å². The number of benzene rings is 1. The van der Waals surface area contributed by atoms with Gasteiger partial charge in [0.05, 0.1) is 7.11 Å². The molecule has 1 saturated heterocycles. The molecule has 1 aliphatic heterocycles. The van der Waals surface area contributed by atoms with Crippen molar-refractivity contribution in [2.45, 2.75) is 19.0 Å². The normalized spacial score (nSPS) is 20.6. The van der Waals surface area contributed by atoms with Gasteiger partial charge in [-0.05, 0) is 38.7 Å². The molecule has 0 bridgehead atoms. The summed E-state index contributed by atoms with van der Waals surface area (Å²) in [5, 5.41) is 9.87. The first kappa shape index (κ1) is 13.2. The molecule has 0 aliphatic carbocycles. The number of phenolic OH excluding ortho intramolecular Hbond substituents is 1. The summed E-state index contributed by atoms with van der Waals surface area (Å²) in [6, 6.07) is 6.02. The fourth-order valence-corrected chi connectivity index (χ4v) is 2.43. The number of rotatable bonds is 4. The molecule has 4 nitrogen and oxygen atoms in total. The molecule has 1 aliphatic rings. The second-order valence-electron chi connectivity index (χ2n) is 5.14. The zero-order valence-electron chi connectivity index (χ0n) is 11.4. The lowest BCUT2D eigenvalue weighted by Gasteiger charge is -2.20. The lowest BCUT2D eigenvalue weighted by Crippen LogP contribution is -2.31. The second-order valence-corrected chi connectivity index (χ2v) is 5.14. The Morgan fingerprint density at radius 1 is 1.44 bits per heavy atom. The number of likely N-dealkylation sites (N-methyl/N-ethyl adjacent to an activating group) is 1. The van der Waals surface area contributed by atoms with Crippen LogP contribution in [0.1, 0.15) is 12.0 Å². The second kappa shape index (κ2) is 5.59. The van der Waals surface area contributed by atoms with E-state index in [0.29, 0.717) is 11.8 Å². The monoisotopic (exact) mass is 250 g/mol. The molecule has 1 atom stereocenters. The minimum absolute atomic E-state index is 0.351. The van der Waals surface area contributed by atoms with Gasteiger partial charge in [-0.1, -0.05) is 0 Å². The third kappa shape index (κ3) is 2.94. The minimum Gasteiger partial charge on any atom is -0.508 e. The Labute approximate surface area is 109 Å². The molecule has 1 aromatic carbocycles. The van der Waals surface area contributed by atoms with Crippen LogP contribution in [0.4, 0.5) is 0 Å². The lowest BCUT2D eigenvalue weighted by atomic mass is 10.2. The molecular formula is C14H22N2O2.